The van der Waals surface area contributed by atoms with Gasteiger partial charge in [0.25, 0.3) is 0 Å². The summed E-state index contributed by atoms with van der Waals surface area (Å²) in [5.41, 5.74) is 0.274. The number of hydrogen-bond acceptors (Lipinski definition) is 3. The molecule has 0 saturated carbocycles. The molecule has 0 saturated heterocycles. The second-order valence-corrected chi connectivity index (χ2v) is 10.0. The van der Waals surface area contributed by atoms with Crippen molar-refractivity contribution in [2.75, 3.05) is 17.3 Å². The molecule has 0 aliphatic heterocycles. The van der Waals surface area contributed by atoms with E-state index in [2.05, 4.69) is 20.8 Å². The Labute approximate surface area is 99.1 Å². The van der Waals surface area contributed by atoms with Gasteiger partial charge in [-0.25, -0.2) is 8.42 Å². The molecule has 0 N–H and O–H groups in total. The lowest BCUT2D eigenvalue weighted by Crippen LogP contribution is -2.31. The standard InChI is InChI=1S/C11H24O2S2/c1-10(2,3)9-14-7-8-15(12,13)11(4,5)6/h7-9H2,1-6H3. The Bertz CT molecular complexity index is 279. The molecular formula is C11H24O2S2. The van der Waals surface area contributed by atoms with Crippen LogP contribution in [0, 0.1) is 5.41 Å². The molecular weight excluding hydrogens is 228 g/mol. The average Bonchev–Trinajstić information content (AvgIpc) is 1.94. The maximum Gasteiger partial charge on any atom is 0.155 e. The van der Waals surface area contributed by atoms with Crippen molar-refractivity contribution in [3.05, 3.63) is 0 Å². The topological polar surface area (TPSA) is 34.1 Å². The van der Waals surface area contributed by atoms with Crippen LogP contribution >= 0.6 is 11.8 Å². The van der Waals surface area contributed by atoms with Gasteiger partial charge in [-0.05, 0) is 31.9 Å². The van der Waals surface area contributed by atoms with Crippen LogP contribution in [-0.2, 0) is 9.84 Å². The van der Waals surface area contributed by atoms with Crippen molar-refractivity contribution in [1.29, 1.82) is 0 Å². The maximum absolute atomic E-state index is 11.8. The highest BCUT2D eigenvalue weighted by Gasteiger charge is 2.28. The van der Waals surface area contributed by atoms with Gasteiger partial charge in [-0.15, -0.1) is 0 Å². The second kappa shape index (κ2) is 5.09. The fraction of sp³-hybridized carbons (Fsp3) is 1.00. The lowest BCUT2D eigenvalue weighted by atomic mass is 10.0. The molecule has 0 fully saturated rings. The lowest BCUT2D eigenvalue weighted by Gasteiger charge is -2.20. The predicted molar refractivity (Wildman–Crippen MR) is 70.3 cm³/mol. The third kappa shape index (κ3) is 6.46. The number of hydrogen-bond donors (Lipinski definition) is 0. The lowest BCUT2D eigenvalue weighted by molar-refractivity contribution is 0.481. The summed E-state index contributed by atoms with van der Waals surface area (Å²) in [7, 11) is -2.94. The van der Waals surface area contributed by atoms with E-state index in [-0.39, 0.29) is 11.2 Å². The largest absolute Gasteiger partial charge is 0.228 e. The molecule has 2 nitrogen and oxygen atoms in total. The highest BCUT2D eigenvalue weighted by atomic mass is 32.2. The summed E-state index contributed by atoms with van der Waals surface area (Å²) in [5, 5.41) is 0. The zero-order valence-electron chi connectivity index (χ0n) is 10.8. The van der Waals surface area contributed by atoms with Crippen LogP contribution in [0.4, 0.5) is 0 Å². The molecule has 0 aromatic carbocycles. The van der Waals surface area contributed by atoms with Gasteiger partial charge < -0.3 is 0 Å². The Hall–Kier alpha value is 0.300. The third-order valence-corrected chi connectivity index (χ3v) is 6.39. The summed E-state index contributed by atoms with van der Waals surface area (Å²) in [4.78, 5) is 0. The molecule has 4 heteroatoms. The minimum Gasteiger partial charge on any atom is -0.228 e. The molecule has 15 heavy (non-hydrogen) atoms. The molecule has 0 aliphatic rings. The molecule has 0 radical (unpaired) electrons. The van der Waals surface area contributed by atoms with Crippen molar-refractivity contribution in [3.8, 4) is 0 Å². The molecule has 0 rings (SSSR count). The number of rotatable bonds is 4. The molecule has 0 aliphatic carbocycles. The highest BCUT2D eigenvalue weighted by Crippen LogP contribution is 2.22. The zero-order chi connectivity index (χ0) is 12.3. The van der Waals surface area contributed by atoms with Gasteiger partial charge in [-0.1, -0.05) is 20.8 Å². The fourth-order valence-corrected chi connectivity index (χ4v) is 3.57. The maximum atomic E-state index is 11.8. The summed E-state index contributed by atoms with van der Waals surface area (Å²) in [6, 6.07) is 0. The van der Waals surface area contributed by atoms with E-state index in [1.807, 2.05) is 0 Å². The van der Waals surface area contributed by atoms with Crippen LogP contribution in [0.3, 0.4) is 0 Å². The van der Waals surface area contributed by atoms with Gasteiger partial charge in [-0.3, -0.25) is 0 Å². The first kappa shape index (κ1) is 15.3. The van der Waals surface area contributed by atoms with Crippen LogP contribution in [0.1, 0.15) is 41.5 Å². The van der Waals surface area contributed by atoms with Gasteiger partial charge in [0.15, 0.2) is 9.84 Å². The molecule has 0 aromatic heterocycles. The van der Waals surface area contributed by atoms with Crippen LogP contribution in [-0.4, -0.2) is 30.4 Å². The Morgan fingerprint density at radius 2 is 1.47 bits per heavy atom. The molecule has 0 amide bonds. The van der Waals surface area contributed by atoms with Crippen LogP contribution in [0.2, 0.25) is 0 Å². The van der Waals surface area contributed by atoms with E-state index in [0.29, 0.717) is 5.75 Å². The average molecular weight is 252 g/mol. The Morgan fingerprint density at radius 3 is 1.80 bits per heavy atom. The molecule has 92 valence electrons. The normalized spacial score (nSPS) is 14.3. The first-order valence-electron chi connectivity index (χ1n) is 5.26. The third-order valence-electron chi connectivity index (χ3n) is 1.96. The number of sulfone groups is 1. The fourth-order valence-electron chi connectivity index (χ4n) is 0.853. The van der Waals surface area contributed by atoms with E-state index in [0.717, 1.165) is 5.75 Å². The van der Waals surface area contributed by atoms with Gasteiger partial charge in [0.2, 0.25) is 0 Å². The predicted octanol–water partition coefficient (Wildman–Crippen LogP) is 2.98. The minimum atomic E-state index is -2.94. The highest BCUT2D eigenvalue weighted by molar-refractivity contribution is 8.00. The van der Waals surface area contributed by atoms with Gasteiger partial charge in [0.05, 0.1) is 10.5 Å². The Kier molecular flexibility index (Phi) is 5.19. The van der Waals surface area contributed by atoms with E-state index in [1.54, 1.807) is 32.5 Å². The summed E-state index contributed by atoms with van der Waals surface area (Å²) in [6.45, 7) is 11.8. The first-order chi connectivity index (χ1) is 6.46. The second-order valence-electron chi connectivity index (χ2n) is 6.04. The molecule has 0 atom stereocenters. The van der Waals surface area contributed by atoms with Crippen molar-refractivity contribution < 1.29 is 8.42 Å². The molecule has 0 bridgehead atoms. The summed E-state index contributed by atoms with van der Waals surface area (Å²) in [5.74, 6) is 2.00. The van der Waals surface area contributed by atoms with Gasteiger partial charge in [0, 0.05) is 5.75 Å². The van der Waals surface area contributed by atoms with E-state index >= 15 is 0 Å². The molecule has 0 unspecified atom stereocenters. The van der Waals surface area contributed by atoms with Gasteiger partial charge >= 0.3 is 0 Å². The Balaban J connectivity index is 3.99. The van der Waals surface area contributed by atoms with Crippen molar-refractivity contribution in [1.82, 2.24) is 0 Å². The van der Waals surface area contributed by atoms with E-state index < -0.39 is 14.6 Å². The van der Waals surface area contributed by atoms with Crippen molar-refractivity contribution >= 4 is 21.6 Å². The Morgan fingerprint density at radius 1 is 1.00 bits per heavy atom. The van der Waals surface area contributed by atoms with Crippen LogP contribution < -0.4 is 0 Å². The van der Waals surface area contributed by atoms with Crippen molar-refractivity contribution in [2.45, 2.75) is 46.3 Å². The van der Waals surface area contributed by atoms with E-state index in [1.165, 1.54) is 0 Å². The van der Waals surface area contributed by atoms with Gasteiger partial charge in [0.1, 0.15) is 0 Å². The van der Waals surface area contributed by atoms with Crippen LogP contribution in [0.5, 0.6) is 0 Å². The smallest absolute Gasteiger partial charge is 0.155 e. The van der Waals surface area contributed by atoms with Crippen molar-refractivity contribution in [2.24, 2.45) is 5.41 Å². The minimum absolute atomic E-state index is 0.274. The first-order valence-corrected chi connectivity index (χ1v) is 8.06. The monoisotopic (exact) mass is 252 g/mol. The van der Waals surface area contributed by atoms with Crippen LogP contribution in [0.25, 0.3) is 0 Å². The van der Waals surface area contributed by atoms with Gasteiger partial charge in [-0.2, -0.15) is 11.8 Å². The molecule has 0 spiro atoms. The quantitative estimate of drug-likeness (QED) is 0.721. The molecule has 0 aromatic rings. The number of thioether (sulfide) groups is 1. The van der Waals surface area contributed by atoms with E-state index in [9.17, 15) is 8.42 Å². The van der Waals surface area contributed by atoms with Crippen LogP contribution in [0.15, 0.2) is 0 Å². The van der Waals surface area contributed by atoms with E-state index in [4.69, 9.17) is 0 Å². The summed E-state index contributed by atoms with van der Waals surface area (Å²) in [6.07, 6.45) is 0. The summed E-state index contributed by atoms with van der Waals surface area (Å²) >= 11 is 1.72. The zero-order valence-corrected chi connectivity index (χ0v) is 12.4. The summed E-state index contributed by atoms with van der Waals surface area (Å²) < 4.78 is 22.9. The molecule has 0 heterocycles. The SMILES string of the molecule is CC(C)(C)CSCCS(=O)(=O)C(C)(C)C. The van der Waals surface area contributed by atoms with Crippen molar-refractivity contribution in [3.63, 3.8) is 0 Å².